The van der Waals surface area contributed by atoms with Gasteiger partial charge in [0.15, 0.2) is 0 Å². The van der Waals surface area contributed by atoms with Crippen molar-refractivity contribution in [3.63, 3.8) is 0 Å². The molecule has 1 N–H and O–H groups in total. The number of hydrogen-bond donors (Lipinski definition) is 1. The largest absolute Gasteiger partial charge is 0.489 e. The molecule has 1 aliphatic carbocycles. The molecule has 2 heterocycles. The fraction of sp³-hybridized carbons (Fsp3) is 0.438. The van der Waals surface area contributed by atoms with Crippen molar-refractivity contribution in [3.8, 4) is 5.75 Å². The molecule has 1 unspecified atom stereocenters. The maximum absolute atomic E-state index is 6.04. The first-order valence-corrected chi connectivity index (χ1v) is 7.07. The molecule has 3 nitrogen and oxygen atoms in total. The number of aromatic nitrogens is 1. The molecule has 19 heavy (non-hydrogen) atoms. The molecule has 0 saturated carbocycles. The average molecular weight is 256 g/mol. The van der Waals surface area contributed by atoms with Crippen LogP contribution in [0.3, 0.4) is 0 Å². The minimum Gasteiger partial charge on any atom is -0.489 e. The lowest BCUT2D eigenvalue weighted by atomic mass is 9.94. The minimum absolute atomic E-state index is 0.333. The molecule has 1 atom stereocenters. The third kappa shape index (κ3) is 3.24. The highest BCUT2D eigenvalue weighted by Gasteiger charge is 2.15. The second-order valence-electron chi connectivity index (χ2n) is 5.18. The molecule has 0 radical (unpaired) electrons. The molecule has 1 aliphatic heterocycles. The van der Waals surface area contributed by atoms with Gasteiger partial charge in [0, 0.05) is 12.1 Å². The molecule has 0 amide bonds. The van der Waals surface area contributed by atoms with Crippen molar-refractivity contribution in [2.75, 3.05) is 13.1 Å². The molecule has 3 rings (SSSR count). The summed E-state index contributed by atoms with van der Waals surface area (Å²) in [6.07, 6.45) is 15.9. The van der Waals surface area contributed by atoms with Crippen molar-refractivity contribution in [1.82, 2.24) is 10.3 Å². The van der Waals surface area contributed by atoms with E-state index in [-0.39, 0.29) is 0 Å². The fourth-order valence-electron chi connectivity index (χ4n) is 2.64. The van der Waals surface area contributed by atoms with Crippen molar-refractivity contribution in [1.29, 1.82) is 0 Å². The molecular formula is C16H20N2O. The zero-order valence-corrected chi connectivity index (χ0v) is 11.1. The second kappa shape index (κ2) is 6.02. The summed E-state index contributed by atoms with van der Waals surface area (Å²) < 4.78 is 6.04. The van der Waals surface area contributed by atoms with Crippen LogP contribution in [0.2, 0.25) is 0 Å². The van der Waals surface area contributed by atoms with Gasteiger partial charge in [-0.25, -0.2) is 0 Å². The monoisotopic (exact) mass is 256 g/mol. The van der Waals surface area contributed by atoms with E-state index < -0.39 is 0 Å². The Morgan fingerprint density at radius 1 is 1.16 bits per heavy atom. The summed E-state index contributed by atoms with van der Waals surface area (Å²) in [7, 11) is 0. The van der Waals surface area contributed by atoms with Crippen molar-refractivity contribution < 1.29 is 4.74 Å². The maximum Gasteiger partial charge on any atom is 0.138 e. The summed E-state index contributed by atoms with van der Waals surface area (Å²) in [6.45, 7) is 2.10. The number of rotatable bonds is 3. The van der Waals surface area contributed by atoms with Gasteiger partial charge in [0.1, 0.15) is 11.9 Å². The number of ether oxygens (including phenoxy) is 1. The third-order valence-corrected chi connectivity index (χ3v) is 3.73. The number of hydrogen-bond acceptors (Lipinski definition) is 3. The van der Waals surface area contributed by atoms with E-state index in [1.54, 1.807) is 0 Å². The Kier molecular flexibility index (Phi) is 3.94. The van der Waals surface area contributed by atoms with Gasteiger partial charge in [-0.15, -0.1) is 0 Å². The van der Waals surface area contributed by atoms with Crippen LogP contribution in [0.15, 0.2) is 42.8 Å². The van der Waals surface area contributed by atoms with Crippen molar-refractivity contribution >= 4 is 0 Å². The van der Waals surface area contributed by atoms with Crippen LogP contribution in [-0.2, 0) is 0 Å². The van der Waals surface area contributed by atoms with Crippen molar-refractivity contribution in [2.45, 2.75) is 31.3 Å². The smallest absolute Gasteiger partial charge is 0.138 e. The highest BCUT2D eigenvalue weighted by molar-refractivity contribution is 5.32. The van der Waals surface area contributed by atoms with Gasteiger partial charge in [0.05, 0.1) is 6.20 Å². The fourth-order valence-corrected chi connectivity index (χ4v) is 2.64. The topological polar surface area (TPSA) is 34.1 Å². The quantitative estimate of drug-likeness (QED) is 0.903. The Bertz CT molecular complexity index is 475. The molecule has 1 fully saturated rings. The van der Waals surface area contributed by atoms with Gasteiger partial charge in [-0.2, -0.15) is 0 Å². The summed E-state index contributed by atoms with van der Waals surface area (Å²) in [5.41, 5.74) is 1.24. The van der Waals surface area contributed by atoms with Gasteiger partial charge in [-0.1, -0.05) is 24.3 Å². The molecular weight excluding hydrogens is 236 g/mol. The van der Waals surface area contributed by atoms with Crippen LogP contribution in [0, 0.1) is 0 Å². The molecule has 0 aromatic carbocycles. The first kappa shape index (κ1) is 12.4. The van der Waals surface area contributed by atoms with Crippen LogP contribution in [0.4, 0.5) is 0 Å². The molecule has 1 aromatic heterocycles. The van der Waals surface area contributed by atoms with Crippen molar-refractivity contribution in [3.05, 3.63) is 48.3 Å². The lowest BCUT2D eigenvalue weighted by Gasteiger charge is -2.24. The zero-order chi connectivity index (χ0) is 12.9. The van der Waals surface area contributed by atoms with E-state index in [0.29, 0.717) is 12.0 Å². The number of nitrogens with zero attached hydrogens (tertiary/aromatic N) is 1. The van der Waals surface area contributed by atoms with E-state index in [1.165, 1.54) is 5.56 Å². The summed E-state index contributed by atoms with van der Waals surface area (Å²) >= 11 is 0. The van der Waals surface area contributed by atoms with Gasteiger partial charge < -0.3 is 10.1 Å². The standard InChI is InChI=1S/C16H20N2O/c1-2-4-13(5-3-1)14-10-16(12-18-11-14)19-15-6-8-17-9-7-15/h1-4,10-13,15,17H,5-9H2. The lowest BCUT2D eigenvalue weighted by molar-refractivity contribution is 0.162. The number of allylic oxidation sites excluding steroid dienone is 4. The Morgan fingerprint density at radius 2 is 2.05 bits per heavy atom. The van der Waals surface area contributed by atoms with Crippen LogP contribution < -0.4 is 10.1 Å². The van der Waals surface area contributed by atoms with Gasteiger partial charge in [0.25, 0.3) is 0 Å². The summed E-state index contributed by atoms with van der Waals surface area (Å²) in [5.74, 6) is 1.35. The highest BCUT2D eigenvalue weighted by Crippen LogP contribution is 2.27. The number of nitrogens with one attached hydrogen (secondary N) is 1. The molecule has 0 bridgehead atoms. The maximum atomic E-state index is 6.04. The molecule has 0 spiro atoms. The Balaban J connectivity index is 1.68. The molecule has 3 heteroatoms. The lowest BCUT2D eigenvalue weighted by Crippen LogP contribution is -2.34. The van der Waals surface area contributed by atoms with Crippen molar-refractivity contribution in [2.24, 2.45) is 0 Å². The average Bonchev–Trinajstić information content (AvgIpc) is 2.49. The number of piperidine rings is 1. The van der Waals surface area contributed by atoms with E-state index in [9.17, 15) is 0 Å². The predicted molar refractivity (Wildman–Crippen MR) is 76.4 cm³/mol. The normalized spacial score (nSPS) is 23.5. The SMILES string of the molecule is C1=CCC(c2cncc(OC3CCNCC3)c2)C=C1. The Labute approximate surface area is 114 Å². The van der Waals surface area contributed by atoms with Crippen LogP contribution in [-0.4, -0.2) is 24.2 Å². The van der Waals surface area contributed by atoms with Crippen LogP contribution in [0.25, 0.3) is 0 Å². The van der Waals surface area contributed by atoms with Gasteiger partial charge in [-0.05, 0) is 44.0 Å². The first-order chi connectivity index (χ1) is 9.42. The second-order valence-corrected chi connectivity index (χ2v) is 5.18. The molecule has 100 valence electrons. The van der Waals surface area contributed by atoms with E-state index in [0.717, 1.165) is 38.1 Å². The summed E-state index contributed by atoms with van der Waals surface area (Å²) in [6, 6.07) is 2.14. The molecule has 1 saturated heterocycles. The summed E-state index contributed by atoms with van der Waals surface area (Å²) in [4.78, 5) is 4.33. The third-order valence-electron chi connectivity index (χ3n) is 3.73. The van der Waals surface area contributed by atoms with Crippen LogP contribution in [0.1, 0.15) is 30.7 Å². The Hall–Kier alpha value is -1.61. The summed E-state index contributed by atoms with van der Waals surface area (Å²) in [5, 5.41) is 3.35. The predicted octanol–water partition coefficient (Wildman–Crippen LogP) is 2.81. The molecule has 1 aromatic rings. The number of pyridine rings is 1. The van der Waals surface area contributed by atoms with Crippen LogP contribution in [0.5, 0.6) is 5.75 Å². The van der Waals surface area contributed by atoms with E-state index in [1.807, 2.05) is 12.4 Å². The van der Waals surface area contributed by atoms with Crippen LogP contribution >= 0.6 is 0 Å². The van der Waals surface area contributed by atoms with Gasteiger partial charge in [0.2, 0.25) is 0 Å². The van der Waals surface area contributed by atoms with Gasteiger partial charge >= 0.3 is 0 Å². The zero-order valence-electron chi connectivity index (χ0n) is 11.1. The highest BCUT2D eigenvalue weighted by atomic mass is 16.5. The minimum atomic E-state index is 0.333. The van der Waals surface area contributed by atoms with Gasteiger partial charge in [-0.3, -0.25) is 4.98 Å². The van der Waals surface area contributed by atoms with E-state index in [4.69, 9.17) is 4.74 Å². The Morgan fingerprint density at radius 3 is 2.84 bits per heavy atom. The van der Waals surface area contributed by atoms with E-state index >= 15 is 0 Å². The van der Waals surface area contributed by atoms with E-state index in [2.05, 4.69) is 40.7 Å². The first-order valence-electron chi connectivity index (χ1n) is 7.07. The molecule has 2 aliphatic rings.